The highest BCUT2D eigenvalue weighted by molar-refractivity contribution is 6.02. The van der Waals surface area contributed by atoms with Crippen molar-refractivity contribution in [3.8, 4) is 5.75 Å². The molecule has 0 aromatic heterocycles. The van der Waals surface area contributed by atoms with E-state index in [0.29, 0.717) is 0 Å². The zero-order chi connectivity index (χ0) is 12.5. The van der Waals surface area contributed by atoms with Crippen LogP contribution in [0, 0.1) is 5.92 Å². The van der Waals surface area contributed by atoms with Gasteiger partial charge in [0.15, 0.2) is 0 Å². The first-order valence-electron chi connectivity index (χ1n) is 6.59. The van der Waals surface area contributed by atoms with E-state index in [4.69, 9.17) is 4.74 Å². The van der Waals surface area contributed by atoms with Crippen molar-refractivity contribution in [3.63, 3.8) is 0 Å². The van der Waals surface area contributed by atoms with Crippen molar-refractivity contribution in [1.82, 2.24) is 5.32 Å². The van der Waals surface area contributed by atoms with Crippen LogP contribution in [0.15, 0.2) is 18.2 Å². The second kappa shape index (κ2) is 4.61. The highest BCUT2D eigenvalue weighted by Crippen LogP contribution is 2.35. The third-order valence-electron chi connectivity index (χ3n) is 3.45. The summed E-state index contributed by atoms with van der Waals surface area (Å²) >= 11 is 0. The third-order valence-corrected chi connectivity index (χ3v) is 3.45. The van der Waals surface area contributed by atoms with Crippen molar-refractivity contribution < 1.29 is 9.53 Å². The van der Waals surface area contributed by atoms with Crippen LogP contribution in [0.2, 0.25) is 0 Å². The smallest absolute Gasteiger partial charge is 0.246 e. The molecule has 2 aliphatic rings. The van der Waals surface area contributed by atoms with E-state index >= 15 is 0 Å². The number of hydrogen-bond donors (Lipinski definition) is 2. The van der Waals surface area contributed by atoms with Gasteiger partial charge in [0.05, 0.1) is 6.61 Å². The number of carbonyl (C=O) groups excluding carboxylic acids is 1. The number of amides is 1. The van der Waals surface area contributed by atoms with Gasteiger partial charge < -0.3 is 15.4 Å². The first kappa shape index (κ1) is 11.5. The summed E-state index contributed by atoms with van der Waals surface area (Å²) in [5.74, 6) is 1.60. The van der Waals surface area contributed by atoms with Crippen LogP contribution in [0.1, 0.15) is 31.4 Å². The number of nitrogens with one attached hydrogen (secondary N) is 2. The number of benzene rings is 1. The minimum absolute atomic E-state index is 0.0196. The molecular formula is C14H18N2O2. The molecule has 3 rings (SSSR count). The molecule has 1 heterocycles. The van der Waals surface area contributed by atoms with E-state index in [2.05, 4.69) is 10.6 Å². The Morgan fingerprint density at radius 3 is 3.00 bits per heavy atom. The summed E-state index contributed by atoms with van der Waals surface area (Å²) in [6.45, 7) is 3.57. The number of hydrogen-bond acceptors (Lipinski definition) is 3. The molecular weight excluding hydrogens is 228 g/mol. The molecule has 1 fully saturated rings. The largest absolute Gasteiger partial charge is 0.493 e. The van der Waals surface area contributed by atoms with Crippen molar-refractivity contribution in [2.45, 2.75) is 25.8 Å². The Balaban J connectivity index is 1.75. The summed E-state index contributed by atoms with van der Waals surface area (Å²) in [4.78, 5) is 11.8. The molecule has 2 N–H and O–H groups in total. The second-order valence-electron chi connectivity index (χ2n) is 4.98. The van der Waals surface area contributed by atoms with E-state index in [-0.39, 0.29) is 11.9 Å². The van der Waals surface area contributed by atoms with E-state index in [1.165, 1.54) is 12.8 Å². The SMILES string of the molecule is CCNC1C(=O)Nc2cc(OCC3CC3)ccc21. The van der Waals surface area contributed by atoms with Crippen LogP contribution in [0.25, 0.3) is 0 Å². The fraction of sp³-hybridized carbons (Fsp3) is 0.500. The highest BCUT2D eigenvalue weighted by Gasteiger charge is 2.30. The van der Waals surface area contributed by atoms with Crippen molar-refractivity contribution in [3.05, 3.63) is 23.8 Å². The minimum Gasteiger partial charge on any atom is -0.493 e. The maximum atomic E-state index is 11.8. The topological polar surface area (TPSA) is 50.4 Å². The molecule has 4 nitrogen and oxygen atoms in total. The zero-order valence-corrected chi connectivity index (χ0v) is 10.5. The average molecular weight is 246 g/mol. The van der Waals surface area contributed by atoms with E-state index in [1.54, 1.807) is 0 Å². The molecule has 1 aliphatic carbocycles. The molecule has 1 atom stereocenters. The maximum absolute atomic E-state index is 11.8. The average Bonchev–Trinajstić information content (AvgIpc) is 3.13. The zero-order valence-electron chi connectivity index (χ0n) is 10.5. The Morgan fingerprint density at radius 1 is 1.44 bits per heavy atom. The van der Waals surface area contributed by atoms with Crippen LogP contribution < -0.4 is 15.4 Å². The monoisotopic (exact) mass is 246 g/mol. The molecule has 4 heteroatoms. The summed E-state index contributed by atoms with van der Waals surface area (Å²) in [5.41, 5.74) is 1.89. The number of anilines is 1. The molecule has 0 bridgehead atoms. The lowest BCUT2D eigenvalue weighted by atomic mass is 10.1. The summed E-state index contributed by atoms with van der Waals surface area (Å²) in [6.07, 6.45) is 2.56. The van der Waals surface area contributed by atoms with Crippen LogP contribution in [-0.2, 0) is 4.79 Å². The number of carbonyl (C=O) groups is 1. The summed E-state index contributed by atoms with van der Waals surface area (Å²) < 4.78 is 5.71. The maximum Gasteiger partial charge on any atom is 0.246 e. The van der Waals surface area contributed by atoms with Crippen LogP contribution in [-0.4, -0.2) is 19.1 Å². The van der Waals surface area contributed by atoms with Gasteiger partial charge in [-0.05, 0) is 31.4 Å². The van der Waals surface area contributed by atoms with Crippen molar-refractivity contribution in [2.24, 2.45) is 5.92 Å². The van der Waals surface area contributed by atoms with Gasteiger partial charge in [0.25, 0.3) is 0 Å². The molecule has 1 aromatic carbocycles. The predicted octanol–water partition coefficient (Wildman–Crippen LogP) is 2.08. The van der Waals surface area contributed by atoms with Crippen molar-refractivity contribution in [1.29, 1.82) is 0 Å². The lowest BCUT2D eigenvalue weighted by Crippen LogP contribution is -2.27. The van der Waals surface area contributed by atoms with E-state index < -0.39 is 0 Å². The molecule has 1 unspecified atom stereocenters. The van der Waals surface area contributed by atoms with Gasteiger partial charge in [0.1, 0.15) is 11.8 Å². The van der Waals surface area contributed by atoms with Crippen molar-refractivity contribution >= 4 is 11.6 Å². The molecule has 0 saturated heterocycles. The van der Waals surface area contributed by atoms with Crippen molar-refractivity contribution in [2.75, 3.05) is 18.5 Å². The lowest BCUT2D eigenvalue weighted by Gasteiger charge is -2.10. The lowest BCUT2D eigenvalue weighted by molar-refractivity contribution is -0.117. The first-order chi connectivity index (χ1) is 8.78. The number of fused-ring (bicyclic) bond motifs is 1. The standard InChI is InChI=1S/C14H18N2O2/c1-2-15-13-11-6-5-10(18-8-9-3-4-9)7-12(11)16-14(13)17/h5-7,9,13,15H,2-4,8H2,1H3,(H,16,17). The van der Waals surface area contributed by atoms with Gasteiger partial charge in [0, 0.05) is 17.3 Å². The first-order valence-corrected chi connectivity index (χ1v) is 6.59. The minimum atomic E-state index is -0.220. The quantitative estimate of drug-likeness (QED) is 0.836. The van der Waals surface area contributed by atoms with Gasteiger partial charge in [0.2, 0.25) is 5.91 Å². The van der Waals surface area contributed by atoms with Crippen LogP contribution in [0.3, 0.4) is 0 Å². The fourth-order valence-electron chi connectivity index (χ4n) is 2.24. The number of rotatable bonds is 5. The van der Waals surface area contributed by atoms with Gasteiger partial charge in [-0.25, -0.2) is 0 Å². The summed E-state index contributed by atoms with van der Waals surface area (Å²) in [7, 11) is 0. The summed E-state index contributed by atoms with van der Waals surface area (Å²) in [6, 6.07) is 5.63. The van der Waals surface area contributed by atoms with Gasteiger partial charge in [-0.15, -0.1) is 0 Å². The predicted molar refractivity (Wildman–Crippen MR) is 69.7 cm³/mol. The Morgan fingerprint density at radius 2 is 2.28 bits per heavy atom. The third kappa shape index (κ3) is 2.20. The second-order valence-corrected chi connectivity index (χ2v) is 4.98. The van der Waals surface area contributed by atoms with Crippen LogP contribution in [0.5, 0.6) is 5.75 Å². The molecule has 1 amide bonds. The van der Waals surface area contributed by atoms with Gasteiger partial charge in [-0.1, -0.05) is 13.0 Å². The Kier molecular flexibility index (Phi) is 2.96. The fourth-order valence-corrected chi connectivity index (χ4v) is 2.24. The number of likely N-dealkylation sites (N-methyl/N-ethyl adjacent to an activating group) is 1. The van der Waals surface area contributed by atoms with Gasteiger partial charge in [-0.3, -0.25) is 4.79 Å². The van der Waals surface area contributed by atoms with Gasteiger partial charge in [-0.2, -0.15) is 0 Å². The van der Waals surface area contributed by atoms with Crippen LogP contribution in [0.4, 0.5) is 5.69 Å². The molecule has 1 aromatic rings. The number of ether oxygens (including phenoxy) is 1. The van der Waals surface area contributed by atoms with E-state index in [1.807, 2.05) is 25.1 Å². The highest BCUT2D eigenvalue weighted by atomic mass is 16.5. The molecule has 0 spiro atoms. The van der Waals surface area contributed by atoms with E-state index in [0.717, 1.165) is 36.1 Å². The Hall–Kier alpha value is -1.55. The van der Waals surface area contributed by atoms with E-state index in [9.17, 15) is 4.79 Å². The Labute approximate surface area is 107 Å². The molecule has 1 aliphatic heterocycles. The van der Waals surface area contributed by atoms with Gasteiger partial charge >= 0.3 is 0 Å². The molecule has 0 radical (unpaired) electrons. The normalized spacial score (nSPS) is 21.6. The molecule has 1 saturated carbocycles. The Bertz CT molecular complexity index is 469. The van der Waals surface area contributed by atoms with Crippen LogP contribution >= 0.6 is 0 Å². The summed E-state index contributed by atoms with van der Waals surface area (Å²) in [5, 5.41) is 6.07. The molecule has 18 heavy (non-hydrogen) atoms. The molecule has 96 valence electrons.